The van der Waals surface area contributed by atoms with E-state index in [1.54, 1.807) is 0 Å². The Morgan fingerprint density at radius 2 is 2.41 bits per heavy atom. The minimum Gasteiger partial charge on any atom is -0.349 e. The van der Waals surface area contributed by atoms with E-state index in [9.17, 15) is 4.79 Å². The summed E-state index contributed by atoms with van der Waals surface area (Å²) in [5.74, 6) is 0.0757. The molecule has 0 aromatic carbocycles. The van der Waals surface area contributed by atoms with Gasteiger partial charge in [-0.1, -0.05) is 17.2 Å². The van der Waals surface area contributed by atoms with Crippen molar-refractivity contribution in [1.29, 1.82) is 0 Å². The fourth-order valence-corrected chi connectivity index (χ4v) is 2.20. The summed E-state index contributed by atoms with van der Waals surface area (Å²) in [4.78, 5) is 14.2. The van der Waals surface area contributed by atoms with E-state index in [0.717, 1.165) is 31.6 Å². The van der Waals surface area contributed by atoms with E-state index in [1.807, 2.05) is 6.92 Å². The molecule has 1 atom stereocenters. The predicted molar refractivity (Wildman–Crippen MR) is 61.2 cm³/mol. The largest absolute Gasteiger partial charge is 0.349 e. The van der Waals surface area contributed by atoms with Crippen molar-refractivity contribution in [3.63, 3.8) is 0 Å². The lowest BCUT2D eigenvalue weighted by molar-refractivity contribution is -0.125. The lowest BCUT2D eigenvalue weighted by Gasteiger charge is -2.21. The zero-order chi connectivity index (χ0) is 12.3. The van der Waals surface area contributed by atoms with Crippen LogP contribution in [0.3, 0.4) is 0 Å². The number of aromatic nitrogens is 2. The molecule has 1 aromatic rings. The molecule has 94 valence electrons. The van der Waals surface area contributed by atoms with Gasteiger partial charge in [-0.3, -0.25) is 9.69 Å². The highest BCUT2D eigenvalue weighted by atomic mass is 16.6. The van der Waals surface area contributed by atoms with Crippen molar-refractivity contribution in [3.8, 4) is 0 Å². The number of carbonyl (C=O) groups excluding carboxylic acids is 1. The molecule has 0 bridgehead atoms. The van der Waals surface area contributed by atoms with Gasteiger partial charge in [0.25, 0.3) is 0 Å². The lowest BCUT2D eigenvalue weighted by atomic mass is 10.2. The van der Waals surface area contributed by atoms with Gasteiger partial charge in [0.2, 0.25) is 5.91 Å². The minimum absolute atomic E-state index is 0.0140. The van der Waals surface area contributed by atoms with E-state index < -0.39 is 0 Å². The predicted octanol–water partition coefficient (Wildman–Crippen LogP) is 0.479. The molecule has 0 spiro atoms. The van der Waals surface area contributed by atoms with Crippen LogP contribution in [0.4, 0.5) is 0 Å². The third-order valence-electron chi connectivity index (χ3n) is 3.25. The molecule has 1 amide bonds. The third-order valence-corrected chi connectivity index (χ3v) is 3.25. The number of likely N-dealkylation sites (N-methyl/N-ethyl adjacent to an activating group) is 1. The van der Waals surface area contributed by atoms with Gasteiger partial charge in [0.1, 0.15) is 11.4 Å². The number of amides is 1. The summed E-state index contributed by atoms with van der Waals surface area (Å²) < 4.78 is 4.58. The average molecular weight is 238 g/mol. The Balaban J connectivity index is 1.87. The number of hydrogen-bond donors (Lipinski definition) is 1. The van der Waals surface area contributed by atoms with Gasteiger partial charge in [-0.2, -0.15) is 0 Å². The maximum absolute atomic E-state index is 12.0. The Morgan fingerprint density at radius 3 is 3.06 bits per heavy atom. The van der Waals surface area contributed by atoms with E-state index in [2.05, 4.69) is 32.1 Å². The first kappa shape index (κ1) is 12.0. The smallest absolute Gasteiger partial charge is 0.237 e. The molecule has 1 aromatic heterocycles. The molecule has 1 fully saturated rings. The molecule has 6 heteroatoms. The van der Waals surface area contributed by atoms with Crippen LogP contribution in [0.15, 0.2) is 4.63 Å². The number of carbonyl (C=O) groups is 1. The summed E-state index contributed by atoms with van der Waals surface area (Å²) in [6.45, 7) is 6.22. The van der Waals surface area contributed by atoms with Crippen molar-refractivity contribution < 1.29 is 9.42 Å². The molecule has 1 aliphatic heterocycles. The first-order valence-electron chi connectivity index (χ1n) is 6.02. The van der Waals surface area contributed by atoms with Crippen molar-refractivity contribution in [2.75, 3.05) is 13.1 Å². The Hall–Kier alpha value is -1.43. The highest BCUT2D eigenvalue weighted by Gasteiger charge is 2.29. The van der Waals surface area contributed by atoms with Gasteiger partial charge in [0.05, 0.1) is 12.6 Å². The lowest BCUT2D eigenvalue weighted by Crippen LogP contribution is -2.42. The second-order valence-corrected chi connectivity index (χ2v) is 4.30. The van der Waals surface area contributed by atoms with Gasteiger partial charge >= 0.3 is 0 Å². The number of nitrogens with one attached hydrogen (secondary N) is 1. The van der Waals surface area contributed by atoms with Crippen LogP contribution in [0.2, 0.25) is 0 Å². The molecule has 6 nitrogen and oxygen atoms in total. The number of nitrogens with zero attached hydrogens (tertiary/aromatic N) is 3. The normalized spacial score (nSPS) is 20.7. The van der Waals surface area contributed by atoms with Crippen molar-refractivity contribution in [3.05, 3.63) is 11.4 Å². The van der Waals surface area contributed by atoms with Crippen molar-refractivity contribution in [2.45, 2.75) is 39.3 Å². The Kier molecular flexibility index (Phi) is 3.73. The monoisotopic (exact) mass is 238 g/mol. The summed E-state index contributed by atoms with van der Waals surface area (Å²) in [5.41, 5.74) is 1.42. The highest BCUT2D eigenvalue weighted by molar-refractivity contribution is 5.81. The van der Waals surface area contributed by atoms with E-state index in [0.29, 0.717) is 12.2 Å². The second-order valence-electron chi connectivity index (χ2n) is 4.30. The van der Waals surface area contributed by atoms with Gasteiger partial charge < -0.3 is 5.32 Å². The Labute approximate surface area is 100 Å². The molecule has 0 radical (unpaired) electrons. The van der Waals surface area contributed by atoms with Crippen molar-refractivity contribution in [1.82, 2.24) is 20.5 Å². The molecule has 1 N–H and O–H groups in total. The minimum atomic E-state index is 0.0140. The van der Waals surface area contributed by atoms with E-state index in [1.165, 1.54) is 0 Å². The molecular formula is C11H18N4O2. The molecule has 2 rings (SSSR count). The third kappa shape index (κ3) is 2.63. The van der Waals surface area contributed by atoms with Gasteiger partial charge in [0.15, 0.2) is 0 Å². The first-order valence-corrected chi connectivity index (χ1v) is 6.02. The molecule has 1 aliphatic rings. The zero-order valence-electron chi connectivity index (χ0n) is 10.3. The zero-order valence-corrected chi connectivity index (χ0v) is 10.3. The maximum Gasteiger partial charge on any atom is 0.237 e. The van der Waals surface area contributed by atoms with Crippen LogP contribution in [0, 0.1) is 6.92 Å². The van der Waals surface area contributed by atoms with E-state index in [-0.39, 0.29) is 11.9 Å². The fourth-order valence-electron chi connectivity index (χ4n) is 2.20. The molecule has 1 saturated heterocycles. The molecule has 0 aliphatic carbocycles. The molecule has 2 heterocycles. The van der Waals surface area contributed by atoms with Crippen LogP contribution in [0.25, 0.3) is 0 Å². The SMILES string of the molecule is CCN1CCC[C@H]1C(=O)NCc1nonc1C. The van der Waals surface area contributed by atoms with Gasteiger partial charge in [-0.25, -0.2) is 4.63 Å². The summed E-state index contributed by atoms with van der Waals surface area (Å²) >= 11 is 0. The molecule has 17 heavy (non-hydrogen) atoms. The summed E-state index contributed by atoms with van der Waals surface area (Å²) in [6, 6.07) is 0.0140. The standard InChI is InChI=1S/C11H18N4O2/c1-3-15-6-4-5-10(15)11(16)12-7-9-8(2)13-17-14-9/h10H,3-7H2,1-2H3,(H,12,16)/t10-/m0/s1. The van der Waals surface area contributed by atoms with Crippen LogP contribution >= 0.6 is 0 Å². The Bertz CT molecular complexity index is 391. The number of hydrogen-bond acceptors (Lipinski definition) is 5. The van der Waals surface area contributed by atoms with Crippen LogP contribution in [0.5, 0.6) is 0 Å². The number of rotatable bonds is 4. The average Bonchev–Trinajstić information content (AvgIpc) is 2.94. The van der Waals surface area contributed by atoms with Crippen LogP contribution in [-0.2, 0) is 11.3 Å². The van der Waals surface area contributed by atoms with Crippen LogP contribution < -0.4 is 5.32 Å². The summed E-state index contributed by atoms with van der Waals surface area (Å²) in [6.07, 6.45) is 2.03. The molecule has 0 saturated carbocycles. The summed E-state index contributed by atoms with van der Waals surface area (Å²) in [7, 11) is 0. The van der Waals surface area contributed by atoms with Gasteiger partial charge in [0, 0.05) is 0 Å². The number of likely N-dealkylation sites (tertiary alicyclic amines) is 1. The molecular weight excluding hydrogens is 220 g/mol. The van der Waals surface area contributed by atoms with Crippen molar-refractivity contribution in [2.24, 2.45) is 0 Å². The first-order chi connectivity index (χ1) is 8.22. The fraction of sp³-hybridized carbons (Fsp3) is 0.727. The van der Waals surface area contributed by atoms with E-state index in [4.69, 9.17) is 0 Å². The van der Waals surface area contributed by atoms with Gasteiger partial charge in [-0.15, -0.1) is 0 Å². The van der Waals surface area contributed by atoms with E-state index >= 15 is 0 Å². The highest BCUT2D eigenvalue weighted by Crippen LogP contribution is 2.16. The molecule has 0 unspecified atom stereocenters. The van der Waals surface area contributed by atoms with Crippen molar-refractivity contribution >= 4 is 5.91 Å². The van der Waals surface area contributed by atoms with Crippen LogP contribution in [0.1, 0.15) is 31.2 Å². The van der Waals surface area contributed by atoms with Crippen LogP contribution in [-0.4, -0.2) is 40.3 Å². The second kappa shape index (κ2) is 5.27. The topological polar surface area (TPSA) is 71.3 Å². The number of aryl methyl sites for hydroxylation is 1. The summed E-state index contributed by atoms with van der Waals surface area (Å²) in [5, 5.41) is 10.3. The van der Waals surface area contributed by atoms with Gasteiger partial charge in [-0.05, 0) is 32.9 Å². The maximum atomic E-state index is 12.0. The Morgan fingerprint density at radius 1 is 1.59 bits per heavy atom. The quantitative estimate of drug-likeness (QED) is 0.826.